The second-order valence-electron chi connectivity index (χ2n) is 8.34. The van der Waals surface area contributed by atoms with E-state index in [4.69, 9.17) is 4.43 Å². The van der Waals surface area contributed by atoms with E-state index in [-0.39, 0.29) is 11.1 Å². The minimum atomic E-state index is -1.70. The van der Waals surface area contributed by atoms with Crippen molar-refractivity contribution >= 4 is 24.2 Å². The molecule has 0 bridgehead atoms. The average molecular weight is 416 g/mol. The summed E-state index contributed by atoms with van der Waals surface area (Å²) in [5.74, 6) is 0. The summed E-state index contributed by atoms with van der Waals surface area (Å²) in [7, 11) is -1.70. The Balaban J connectivity index is 4.27. The van der Waals surface area contributed by atoms with Crippen LogP contribution in [0.1, 0.15) is 66.7 Å². The molecule has 1 unspecified atom stereocenters. The molecule has 0 aliphatic rings. The second kappa shape index (κ2) is 11.5. The van der Waals surface area contributed by atoms with Crippen LogP contribution in [-0.2, 0) is 4.43 Å². The first-order valence-electron chi connectivity index (χ1n) is 9.21. The van der Waals surface area contributed by atoms with Crippen LogP contribution in [0.3, 0.4) is 0 Å². The highest BCUT2D eigenvalue weighted by atomic mass is 79.9. The summed E-state index contributed by atoms with van der Waals surface area (Å²) >= 11 is 3.45. The third kappa shape index (κ3) is 10.0. The zero-order chi connectivity index (χ0) is 18.8. The fourth-order valence-electron chi connectivity index (χ4n) is 2.24. The van der Waals surface area contributed by atoms with Crippen LogP contribution >= 0.6 is 15.9 Å². The fraction of sp³-hybridized carbons (Fsp3) is 0.714. The van der Waals surface area contributed by atoms with E-state index in [1.54, 1.807) is 0 Å². The molecule has 0 aliphatic carbocycles. The average Bonchev–Trinajstić information content (AvgIpc) is 2.45. The van der Waals surface area contributed by atoms with Crippen molar-refractivity contribution in [2.24, 2.45) is 0 Å². The Morgan fingerprint density at radius 3 is 2.21 bits per heavy atom. The molecule has 0 fully saturated rings. The Morgan fingerprint density at radius 1 is 1.12 bits per heavy atom. The first-order valence-corrected chi connectivity index (χ1v) is 13.2. The summed E-state index contributed by atoms with van der Waals surface area (Å²) in [4.78, 5) is 0. The van der Waals surface area contributed by atoms with Crippen LogP contribution in [0.25, 0.3) is 0 Å². The molecule has 0 saturated carbocycles. The van der Waals surface area contributed by atoms with Gasteiger partial charge in [-0.05, 0) is 64.1 Å². The molecule has 3 heteroatoms. The van der Waals surface area contributed by atoms with Gasteiger partial charge in [-0.15, -0.1) is 6.58 Å². The lowest BCUT2D eigenvalue weighted by atomic mass is 10.0. The highest BCUT2D eigenvalue weighted by molar-refractivity contribution is 9.09. The van der Waals surface area contributed by atoms with Gasteiger partial charge in [-0.1, -0.05) is 66.1 Å². The summed E-state index contributed by atoms with van der Waals surface area (Å²) in [5, 5.41) is 1.21. The van der Waals surface area contributed by atoms with Gasteiger partial charge in [0.1, 0.15) is 0 Å². The molecule has 1 atom stereocenters. The topological polar surface area (TPSA) is 9.23 Å². The number of hydrogen-bond acceptors (Lipinski definition) is 1. The Hall–Kier alpha value is -0.123. The van der Waals surface area contributed by atoms with Gasteiger partial charge in [0.2, 0.25) is 0 Å². The zero-order valence-electron chi connectivity index (χ0n) is 17.0. The molecule has 0 heterocycles. The maximum atomic E-state index is 6.46. The van der Waals surface area contributed by atoms with Crippen LogP contribution in [-0.4, -0.2) is 19.8 Å². The minimum Gasteiger partial charge on any atom is -0.411 e. The highest BCUT2D eigenvalue weighted by Crippen LogP contribution is 2.37. The third-order valence-corrected chi connectivity index (χ3v) is 9.86. The van der Waals surface area contributed by atoms with Crippen molar-refractivity contribution in [2.75, 3.05) is 5.33 Å². The van der Waals surface area contributed by atoms with Crippen LogP contribution in [0.15, 0.2) is 36.0 Å². The second-order valence-corrected chi connectivity index (χ2v) is 13.7. The lowest BCUT2D eigenvalue weighted by molar-refractivity contribution is 0.212. The number of allylic oxidation sites excluding steroid dienone is 4. The molecule has 0 aromatic rings. The van der Waals surface area contributed by atoms with Gasteiger partial charge in [0.05, 0.1) is 6.10 Å². The summed E-state index contributed by atoms with van der Waals surface area (Å²) in [5.41, 5.74) is 2.96. The van der Waals surface area contributed by atoms with Crippen LogP contribution < -0.4 is 0 Å². The van der Waals surface area contributed by atoms with Crippen LogP contribution in [0.4, 0.5) is 0 Å². The quantitative estimate of drug-likeness (QED) is 0.190. The largest absolute Gasteiger partial charge is 0.411 e. The fourth-order valence-corrected chi connectivity index (χ4v) is 4.12. The van der Waals surface area contributed by atoms with E-state index >= 15 is 0 Å². The van der Waals surface area contributed by atoms with Crippen LogP contribution in [0, 0.1) is 0 Å². The molecule has 24 heavy (non-hydrogen) atoms. The molecule has 0 saturated heterocycles. The first kappa shape index (κ1) is 23.9. The molecular weight excluding hydrogens is 376 g/mol. The molecule has 0 rings (SSSR count). The Morgan fingerprint density at radius 2 is 1.71 bits per heavy atom. The maximum Gasteiger partial charge on any atom is 0.192 e. The molecule has 0 aliphatic heterocycles. The van der Waals surface area contributed by atoms with Gasteiger partial charge in [-0.25, -0.2) is 0 Å². The Bertz CT molecular complexity index is 430. The van der Waals surface area contributed by atoms with Gasteiger partial charge in [0, 0.05) is 5.33 Å². The Labute approximate surface area is 160 Å². The predicted molar refractivity (Wildman–Crippen MR) is 117 cm³/mol. The zero-order valence-corrected chi connectivity index (χ0v) is 19.6. The lowest BCUT2D eigenvalue weighted by Crippen LogP contribution is -2.43. The number of hydrogen-bond donors (Lipinski definition) is 0. The van der Waals surface area contributed by atoms with E-state index in [2.05, 4.69) is 82.4 Å². The molecule has 0 radical (unpaired) electrons. The van der Waals surface area contributed by atoms with Crippen LogP contribution in [0.2, 0.25) is 18.1 Å². The summed E-state index contributed by atoms with van der Waals surface area (Å²) in [6.07, 6.45) is 12.5. The smallest absolute Gasteiger partial charge is 0.192 e. The van der Waals surface area contributed by atoms with Crippen molar-refractivity contribution in [3.05, 3.63) is 36.0 Å². The van der Waals surface area contributed by atoms with E-state index in [1.807, 2.05) is 6.08 Å². The number of rotatable bonds is 11. The van der Waals surface area contributed by atoms with Crippen LogP contribution in [0.5, 0.6) is 0 Å². The van der Waals surface area contributed by atoms with Crippen molar-refractivity contribution in [1.82, 2.24) is 0 Å². The molecule has 0 aromatic carbocycles. The first-order chi connectivity index (χ1) is 11.0. The highest BCUT2D eigenvalue weighted by Gasteiger charge is 2.38. The van der Waals surface area contributed by atoms with E-state index in [0.29, 0.717) is 0 Å². The molecule has 1 nitrogen and oxygen atoms in total. The van der Waals surface area contributed by atoms with Crippen molar-refractivity contribution < 1.29 is 4.43 Å². The lowest BCUT2D eigenvalue weighted by Gasteiger charge is -2.38. The van der Waals surface area contributed by atoms with Gasteiger partial charge in [0.15, 0.2) is 8.32 Å². The monoisotopic (exact) mass is 414 g/mol. The summed E-state index contributed by atoms with van der Waals surface area (Å²) < 4.78 is 6.46. The molecule has 0 spiro atoms. The summed E-state index contributed by atoms with van der Waals surface area (Å²) in [6.45, 7) is 19.9. The van der Waals surface area contributed by atoms with Gasteiger partial charge >= 0.3 is 0 Å². The van der Waals surface area contributed by atoms with Gasteiger partial charge in [-0.2, -0.15) is 0 Å². The van der Waals surface area contributed by atoms with E-state index in [9.17, 15) is 0 Å². The predicted octanol–water partition coefficient (Wildman–Crippen LogP) is 7.80. The maximum absolute atomic E-state index is 6.46. The van der Waals surface area contributed by atoms with E-state index in [1.165, 1.54) is 17.6 Å². The standard InChI is InChI=1S/C21H39BrOSi/c1-9-20(23-24(7,8)21(4,5)6)15-11-14-18(2)12-10-13-19(3)16-17-22/h9,12,16,20H,1,10-11,13-15,17H2,2-8H3/b18-12+,19-16+. The van der Waals surface area contributed by atoms with Crippen molar-refractivity contribution in [3.8, 4) is 0 Å². The van der Waals surface area contributed by atoms with Gasteiger partial charge < -0.3 is 4.43 Å². The van der Waals surface area contributed by atoms with E-state index in [0.717, 1.165) is 31.0 Å². The van der Waals surface area contributed by atoms with Crippen molar-refractivity contribution in [3.63, 3.8) is 0 Å². The molecule has 140 valence electrons. The number of halogens is 1. The van der Waals surface area contributed by atoms with Gasteiger partial charge in [0.25, 0.3) is 0 Å². The normalized spacial score (nSPS) is 15.5. The molecular formula is C21H39BrOSi. The Kier molecular flexibility index (Phi) is 11.4. The minimum absolute atomic E-state index is 0.197. The number of alkyl halides is 1. The summed E-state index contributed by atoms with van der Waals surface area (Å²) in [6, 6.07) is 0. The molecule has 0 aromatic heterocycles. The third-order valence-electron chi connectivity index (χ3n) is 5.03. The van der Waals surface area contributed by atoms with Crippen molar-refractivity contribution in [1.29, 1.82) is 0 Å². The van der Waals surface area contributed by atoms with E-state index < -0.39 is 8.32 Å². The molecule has 0 N–H and O–H groups in total. The van der Waals surface area contributed by atoms with Crippen molar-refractivity contribution in [2.45, 2.75) is 91.0 Å². The molecule has 0 amide bonds. The van der Waals surface area contributed by atoms with Gasteiger partial charge in [-0.3, -0.25) is 0 Å². The SMILES string of the molecule is C=CC(CCC/C(C)=C/CC/C(C)=C/CBr)O[Si](C)(C)C(C)(C)C.